The van der Waals surface area contributed by atoms with Gasteiger partial charge in [-0.15, -0.1) is 0 Å². The van der Waals surface area contributed by atoms with E-state index >= 15 is 4.39 Å². The average Bonchev–Trinajstić information content (AvgIpc) is 3.49. The zero-order chi connectivity index (χ0) is 54.7. The number of hydrogen-bond donors (Lipinski definition) is 3. The molecule has 4 saturated heterocycles. The largest absolute Gasteiger partial charge is 0.497 e. The molecule has 19 heteroatoms. The normalized spacial score (nSPS) is 18.2. The van der Waals surface area contributed by atoms with Crippen LogP contribution in [0.1, 0.15) is 88.5 Å². The lowest BCUT2D eigenvalue weighted by atomic mass is 9.89. The third kappa shape index (κ3) is 13.7. The van der Waals surface area contributed by atoms with Crippen molar-refractivity contribution in [3.63, 3.8) is 0 Å². The fourth-order valence-electron chi connectivity index (χ4n) is 11.3. The second-order valence-electron chi connectivity index (χ2n) is 21.1. The van der Waals surface area contributed by atoms with E-state index in [1.54, 1.807) is 54.2 Å². The number of halogens is 1. The number of aromatic amines is 1. The molecule has 414 valence electrons. The van der Waals surface area contributed by atoms with Crippen LogP contribution in [0.15, 0.2) is 89.7 Å². The Balaban J connectivity index is 0.658. The van der Waals surface area contributed by atoms with Crippen molar-refractivity contribution in [3.05, 3.63) is 135 Å². The maximum absolute atomic E-state index is 15.1. The Morgan fingerprint density at radius 1 is 0.769 bits per heavy atom. The molecule has 0 aliphatic carbocycles. The topological polar surface area (TPSA) is 193 Å². The number of methoxy groups -OCH3 is 1. The number of rotatable bonds is 18. The summed E-state index contributed by atoms with van der Waals surface area (Å²) in [5.74, 6) is 0.616. The molecule has 18 nitrogen and oxygen atoms in total. The van der Waals surface area contributed by atoms with Gasteiger partial charge in [-0.3, -0.25) is 38.6 Å². The van der Waals surface area contributed by atoms with Gasteiger partial charge >= 0.3 is 0 Å². The molecule has 2 atom stereocenters. The van der Waals surface area contributed by atoms with Crippen LogP contribution in [0.25, 0.3) is 10.8 Å². The molecule has 5 heterocycles. The second-order valence-corrected chi connectivity index (χ2v) is 21.1. The summed E-state index contributed by atoms with van der Waals surface area (Å²) >= 11 is 0. The first-order valence-electron chi connectivity index (χ1n) is 27.6. The van der Waals surface area contributed by atoms with E-state index < -0.39 is 17.8 Å². The molecule has 3 N–H and O–H groups in total. The van der Waals surface area contributed by atoms with Crippen LogP contribution >= 0.6 is 0 Å². The zero-order valence-electron chi connectivity index (χ0n) is 45.1. The minimum atomic E-state index is -0.696. The van der Waals surface area contributed by atoms with Crippen molar-refractivity contribution >= 4 is 40.3 Å². The Labute approximate surface area is 455 Å². The van der Waals surface area contributed by atoms with Gasteiger partial charge in [0.05, 0.1) is 43.4 Å². The van der Waals surface area contributed by atoms with Crippen LogP contribution in [0.5, 0.6) is 11.5 Å². The monoisotopic (exact) mass is 1070 g/mol. The van der Waals surface area contributed by atoms with Gasteiger partial charge in [0, 0.05) is 113 Å². The Bertz CT molecular complexity index is 3000. The number of piperazine rings is 2. The van der Waals surface area contributed by atoms with Gasteiger partial charge in [0.25, 0.3) is 17.4 Å². The number of hydrogen-bond acceptors (Lipinski definition) is 12. The van der Waals surface area contributed by atoms with Gasteiger partial charge in [0.1, 0.15) is 23.4 Å². The highest BCUT2D eigenvalue weighted by molar-refractivity contribution is 5.98. The van der Waals surface area contributed by atoms with Crippen LogP contribution in [0.3, 0.4) is 0 Å². The number of ether oxygens (including phenoxy) is 2. The van der Waals surface area contributed by atoms with Gasteiger partial charge in [-0.25, -0.2) is 9.49 Å². The minimum absolute atomic E-state index is 0.0247. The highest BCUT2D eigenvalue weighted by atomic mass is 19.1. The van der Waals surface area contributed by atoms with Crippen molar-refractivity contribution in [1.82, 2.24) is 50.2 Å². The summed E-state index contributed by atoms with van der Waals surface area (Å²) in [6.45, 7) is 13.0. The van der Waals surface area contributed by atoms with Gasteiger partial charge in [0.15, 0.2) is 0 Å². The third-order valence-corrected chi connectivity index (χ3v) is 15.9. The van der Waals surface area contributed by atoms with Crippen molar-refractivity contribution < 1.29 is 37.8 Å². The maximum Gasteiger partial charge on any atom is 0.272 e. The predicted molar refractivity (Wildman–Crippen MR) is 294 cm³/mol. The van der Waals surface area contributed by atoms with E-state index in [1.807, 2.05) is 65.3 Å². The molecule has 4 aromatic carbocycles. The molecule has 5 aromatic rings. The van der Waals surface area contributed by atoms with Crippen LogP contribution in [0, 0.1) is 11.7 Å². The lowest BCUT2D eigenvalue weighted by molar-refractivity contribution is -0.135. The molecule has 9 rings (SSSR count). The third-order valence-electron chi connectivity index (χ3n) is 15.9. The number of fused-ring (bicyclic) bond motifs is 1. The van der Waals surface area contributed by atoms with Crippen LogP contribution in [0.2, 0.25) is 0 Å². The van der Waals surface area contributed by atoms with Crippen LogP contribution in [0.4, 0.5) is 4.39 Å². The molecule has 0 spiro atoms. The fourth-order valence-corrected chi connectivity index (χ4v) is 11.3. The van der Waals surface area contributed by atoms with Gasteiger partial charge < -0.3 is 39.7 Å². The Kier molecular flexibility index (Phi) is 18.5. The number of piperidine rings is 2. The van der Waals surface area contributed by atoms with Gasteiger partial charge in [-0.05, 0) is 106 Å². The van der Waals surface area contributed by atoms with E-state index in [9.17, 15) is 28.8 Å². The number of carbonyl (C=O) groups is 5. The van der Waals surface area contributed by atoms with Crippen molar-refractivity contribution in [2.24, 2.45) is 5.92 Å². The molecule has 4 aliphatic rings. The maximum atomic E-state index is 15.1. The number of nitrogens with zero attached hydrogens (tertiary/aromatic N) is 7. The van der Waals surface area contributed by atoms with Gasteiger partial charge in [-0.1, -0.05) is 42.5 Å². The van der Waals surface area contributed by atoms with Crippen molar-refractivity contribution in [3.8, 4) is 11.5 Å². The summed E-state index contributed by atoms with van der Waals surface area (Å²) in [5.41, 5.74) is 3.42. The number of carbonyl (C=O) groups excluding carboxylic acids is 5. The highest BCUT2D eigenvalue weighted by Gasteiger charge is 2.32. The lowest BCUT2D eigenvalue weighted by Gasteiger charge is -2.40. The first kappa shape index (κ1) is 55.5. The molecule has 5 amide bonds. The average molecular weight is 1070 g/mol. The first-order valence-corrected chi connectivity index (χ1v) is 27.6. The van der Waals surface area contributed by atoms with Crippen molar-refractivity contribution in [2.45, 2.75) is 64.5 Å². The lowest BCUT2D eigenvalue weighted by Crippen LogP contribution is -2.55. The number of H-pyrrole nitrogens is 1. The minimum Gasteiger partial charge on any atom is -0.497 e. The van der Waals surface area contributed by atoms with E-state index in [0.29, 0.717) is 118 Å². The summed E-state index contributed by atoms with van der Waals surface area (Å²) in [5, 5.41) is 14.2. The van der Waals surface area contributed by atoms with Crippen LogP contribution in [-0.2, 0) is 27.3 Å². The fraction of sp³-hybridized carbons (Fsp3) is 0.475. The summed E-state index contributed by atoms with van der Waals surface area (Å²) in [4.78, 5) is 91.6. The number of aromatic nitrogens is 2. The standard InChI is InChI=1S/C59H73FN10O8/c1-4-78-53-34-47(77-3)16-15-45(53)35-61-36-54(71)70-20-8-11-46(38-70)43-9-7-10-44(33-43)56(73)62-40(2)58(75)68-25-23-66(24-26-68)37-41-18-21-65(22-19-41)39-55(72)67-27-29-69(30-28-67)59(76)50-31-42(14-17-51(50)60)32-52-48-12-5-6-13-49(48)57(74)64-63-52/h5-7,9-10,12-17,31,33-34,40-41,46,61H,4,8,11,18-30,32,35-39H2,1-3H3,(H,62,73)(H,64,74)/t40-,46?/m1/s1. The van der Waals surface area contributed by atoms with Crippen LogP contribution < -0.4 is 25.7 Å². The molecule has 0 bridgehead atoms. The highest BCUT2D eigenvalue weighted by Crippen LogP contribution is 2.29. The molecule has 4 fully saturated rings. The Morgan fingerprint density at radius 2 is 1.51 bits per heavy atom. The molecular formula is C59H73FN10O8. The van der Waals surface area contributed by atoms with Crippen molar-refractivity contribution in [1.29, 1.82) is 0 Å². The molecule has 4 aliphatic heterocycles. The van der Waals surface area contributed by atoms with E-state index in [4.69, 9.17) is 9.47 Å². The summed E-state index contributed by atoms with van der Waals surface area (Å²) in [6, 6.07) is 24.1. The summed E-state index contributed by atoms with van der Waals surface area (Å²) < 4.78 is 26.2. The Morgan fingerprint density at radius 3 is 2.27 bits per heavy atom. The molecule has 0 saturated carbocycles. The first-order chi connectivity index (χ1) is 37.8. The van der Waals surface area contributed by atoms with E-state index in [2.05, 4.69) is 30.6 Å². The smallest absolute Gasteiger partial charge is 0.272 e. The Hall–Kier alpha value is -7.22. The molecule has 1 aromatic heterocycles. The quantitative estimate of drug-likeness (QED) is 0.111. The van der Waals surface area contributed by atoms with E-state index in [1.165, 1.54) is 6.07 Å². The molecular weight excluding hydrogens is 996 g/mol. The SMILES string of the molecule is CCOc1cc(OC)ccc1CNCC(=O)N1CCCC(c2cccc(C(=O)N[C@H](C)C(=O)N3CCN(CC4CCN(CC(=O)N5CCN(C(=O)c6cc(Cc7n[nH]c(=O)c8ccccc78)ccc6F)CC5)CC4)CC3)c2)C1. The van der Waals surface area contributed by atoms with Gasteiger partial charge in [-0.2, -0.15) is 5.10 Å². The van der Waals surface area contributed by atoms with Crippen molar-refractivity contribution in [2.75, 3.05) is 112 Å². The van der Waals surface area contributed by atoms with E-state index in [-0.39, 0.29) is 47.2 Å². The van der Waals surface area contributed by atoms with E-state index in [0.717, 1.165) is 75.3 Å². The molecule has 1 unspecified atom stereocenters. The summed E-state index contributed by atoms with van der Waals surface area (Å²) in [6.07, 6.45) is 4.00. The van der Waals surface area contributed by atoms with Crippen LogP contribution in [-0.4, -0.2) is 187 Å². The number of likely N-dealkylation sites (tertiary alicyclic amines) is 2. The predicted octanol–water partition coefficient (Wildman–Crippen LogP) is 4.52. The summed E-state index contributed by atoms with van der Waals surface area (Å²) in [7, 11) is 1.62. The number of nitrogens with one attached hydrogen (secondary N) is 3. The second kappa shape index (κ2) is 26.0. The number of benzene rings is 4. The molecule has 0 radical (unpaired) electrons. The zero-order valence-corrected chi connectivity index (χ0v) is 45.1. The number of amides is 5. The van der Waals surface area contributed by atoms with Gasteiger partial charge in [0.2, 0.25) is 17.7 Å². The molecule has 78 heavy (non-hydrogen) atoms.